The van der Waals surface area contributed by atoms with Crippen molar-refractivity contribution in [1.29, 1.82) is 0 Å². The number of sulfonamides is 1. The molecule has 0 aliphatic rings. The summed E-state index contributed by atoms with van der Waals surface area (Å²) in [5, 5.41) is 2.70. The molecule has 2 aromatic carbocycles. The zero-order valence-corrected chi connectivity index (χ0v) is 17.1. The van der Waals surface area contributed by atoms with Crippen molar-refractivity contribution < 1.29 is 22.0 Å². The van der Waals surface area contributed by atoms with Crippen LogP contribution in [0.1, 0.15) is 48.3 Å². The quantitative estimate of drug-likeness (QED) is 0.755. The van der Waals surface area contributed by atoms with E-state index in [0.29, 0.717) is 24.2 Å². The normalized spacial score (nSPS) is 12.8. The fourth-order valence-corrected chi connectivity index (χ4v) is 4.34. The maximum Gasteiger partial charge on any atom is 0.252 e. The lowest BCUT2D eigenvalue weighted by Gasteiger charge is -2.20. The third-order valence-corrected chi connectivity index (χ3v) is 6.63. The number of halogens is 2. The topological polar surface area (TPSA) is 66.5 Å². The number of nitrogens with one attached hydrogen (secondary N) is 1. The van der Waals surface area contributed by atoms with Gasteiger partial charge < -0.3 is 5.32 Å². The monoisotopic (exact) mass is 410 g/mol. The molecule has 0 aliphatic carbocycles. The molecule has 0 spiro atoms. The molecule has 1 atom stereocenters. The van der Waals surface area contributed by atoms with Crippen molar-refractivity contribution in [2.75, 3.05) is 13.1 Å². The molecule has 0 heterocycles. The van der Waals surface area contributed by atoms with E-state index < -0.39 is 33.6 Å². The number of hydrogen-bond acceptors (Lipinski definition) is 3. The Morgan fingerprint density at radius 1 is 1.07 bits per heavy atom. The standard InChI is InChI=1S/C20H24F2N2O3S/c1-5-24(6-2)28(26,27)16-9-7-13(3)17(12-16)20(25)23-14(4)15-8-10-18(21)19(22)11-15/h7-12,14H,5-6H2,1-4H3,(H,23,25). The smallest absolute Gasteiger partial charge is 0.252 e. The van der Waals surface area contributed by atoms with E-state index in [9.17, 15) is 22.0 Å². The van der Waals surface area contributed by atoms with Crippen molar-refractivity contribution >= 4 is 15.9 Å². The minimum absolute atomic E-state index is 0.0347. The molecule has 2 rings (SSSR count). The second-order valence-electron chi connectivity index (χ2n) is 6.43. The third kappa shape index (κ3) is 4.56. The Bertz CT molecular complexity index is 973. The Hall–Kier alpha value is -2.32. The first kappa shape index (κ1) is 22.0. The number of carbonyl (C=O) groups is 1. The van der Waals surface area contributed by atoms with Gasteiger partial charge in [0.2, 0.25) is 10.0 Å². The lowest BCUT2D eigenvalue weighted by molar-refractivity contribution is 0.0939. The van der Waals surface area contributed by atoms with E-state index in [-0.39, 0.29) is 10.5 Å². The van der Waals surface area contributed by atoms with Crippen molar-refractivity contribution in [3.8, 4) is 0 Å². The van der Waals surface area contributed by atoms with Crippen LogP contribution in [0.5, 0.6) is 0 Å². The van der Waals surface area contributed by atoms with Gasteiger partial charge in [-0.3, -0.25) is 4.79 Å². The van der Waals surface area contributed by atoms with E-state index >= 15 is 0 Å². The van der Waals surface area contributed by atoms with Crippen LogP contribution in [0.4, 0.5) is 8.78 Å². The minimum Gasteiger partial charge on any atom is -0.346 e. The SMILES string of the molecule is CCN(CC)S(=O)(=O)c1ccc(C)c(C(=O)NC(C)c2ccc(F)c(F)c2)c1. The van der Waals surface area contributed by atoms with Crippen LogP contribution >= 0.6 is 0 Å². The Morgan fingerprint density at radius 2 is 1.71 bits per heavy atom. The molecule has 0 aromatic heterocycles. The van der Waals surface area contributed by atoms with Crippen LogP contribution in [-0.4, -0.2) is 31.7 Å². The number of amides is 1. The second kappa shape index (κ2) is 8.79. The lowest BCUT2D eigenvalue weighted by atomic mass is 10.1. The number of benzene rings is 2. The van der Waals surface area contributed by atoms with Crippen molar-refractivity contribution in [1.82, 2.24) is 9.62 Å². The highest BCUT2D eigenvalue weighted by Crippen LogP contribution is 2.21. The van der Waals surface area contributed by atoms with Crippen molar-refractivity contribution in [2.24, 2.45) is 0 Å². The number of rotatable bonds is 7. The molecule has 2 aromatic rings. The molecular weight excluding hydrogens is 386 g/mol. The first-order chi connectivity index (χ1) is 13.1. The summed E-state index contributed by atoms with van der Waals surface area (Å²) in [7, 11) is -3.70. The maximum absolute atomic E-state index is 13.4. The van der Waals surface area contributed by atoms with Crippen molar-refractivity contribution in [3.63, 3.8) is 0 Å². The first-order valence-corrected chi connectivity index (χ1v) is 10.4. The minimum atomic E-state index is -3.70. The summed E-state index contributed by atoms with van der Waals surface area (Å²) in [4.78, 5) is 12.7. The highest BCUT2D eigenvalue weighted by Gasteiger charge is 2.24. The molecule has 0 fully saturated rings. The first-order valence-electron chi connectivity index (χ1n) is 8.98. The second-order valence-corrected chi connectivity index (χ2v) is 8.37. The van der Waals surface area contributed by atoms with Gasteiger partial charge in [-0.15, -0.1) is 0 Å². The van der Waals surface area contributed by atoms with Crippen LogP contribution in [0, 0.1) is 18.6 Å². The van der Waals surface area contributed by atoms with Gasteiger partial charge in [0, 0.05) is 18.7 Å². The number of aryl methyl sites for hydroxylation is 1. The van der Waals surface area contributed by atoms with Gasteiger partial charge in [0.15, 0.2) is 11.6 Å². The molecule has 0 aliphatic heterocycles. The Balaban J connectivity index is 2.31. The molecule has 0 saturated heterocycles. The molecule has 0 bridgehead atoms. The van der Waals surface area contributed by atoms with Crippen LogP contribution in [0.2, 0.25) is 0 Å². The summed E-state index contributed by atoms with van der Waals surface area (Å²) in [5.41, 5.74) is 1.22. The summed E-state index contributed by atoms with van der Waals surface area (Å²) in [5.74, 6) is -2.46. The van der Waals surface area contributed by atoms with E-state index in [0.717, 1.165) is 12.1 Å². The van der Waals surface area contributed by atoms with Crippen LogP contribution < -0.4 is 5.32 Å². The van der Waals surface area contributed by atoms with Gasteiger partial charge in [-0.25, -0.2) is 17.2 Å². The van der Waals surface area contributed by atoms with Gasteiger partial charge in [-0.1, -0.05) is 26.0 Å². The highest BCUT2D eigenvalue weighted by molar-refractivity contribution is 7.89. The summed E-state index contributed by atoms with van der Waals surface area (Å²) in [6, 6.07) is 7.20. The third-order valence-electron chi connectivity index (χ3n) is 4.59. The van der Waals surface area contributed by atoms with Gasteiger partial charge >= 0.3 is 0 Å². The van der Waals surface area contributed by atoms with Gasteiger partial charge in [0.05, 0.1) is 10.9 Å². The van der Waals surface area contributed by atoms with Crippen LogP contribution in [0.15, 0.2) is 41.3 Å². The fraction of sp³-hybridized carbons (Fsp3) is 0.350. The van der Waals surface area contributed by atoms with Crippen LogP contribution in [0.3, 0.4) is 0 Å². The van der Waals surface area contributed by atoms with E-state index in [2.05, 4.69) is 5.32 Å². The summed E-state index contributed by atoms with van der Waals surface area (Å²) in [6.07, 6.45) is 0. The van der Waals surface area contributed by atoms with Crippen molar-refractivity contribution in [2.45, 2.75) is 38.6 Å². The molecule has 0 saturated carbocycles. The van der Waals surface area contributed by atoms with Gasteiger partial charge in [-0.2, -0.15) is 4.31 Å². The number of carbonyl (C=O) groups excluding carboxylic acids is 1. The molecule has 28 heavy (non-hydrogen) atoms. The van der Waals surface area contributed by atoms with E-state index in [1.807, 2.05) is 0 Å². The number of hydrogen-bond donors (Lipinski definition) is 1. The average molecular weight is 410 g/mol. The molecule has 1 N–H and O–H groups in total. The molecular formula is C20H24F2N2O3S. The highest BCUT2D eigenvalue weighted by atomic mass is 32.2. The molecule has 1 amide bonds. The van der Waals surface area contributed by atoms with E-state index in [4.69, 9.17) is 0 Å². The van der Waals surface area contributed by atoms with Gasteiger partial charge in [-0.05, 0) is 49.2 Å². The molecule has 0 radical (unpaired) electrons. The Kier molecular flexibility index (Phi) is 6.90. The van der Waals surface area contributed by atoms with E-state index in [1.54, 1.807) is 33.8 Å². The molecule has 1 unspecified atom stereocenters. The van der Waals surface area contributed by atoms with Gasteiger partial charge in [0.25, 0.3) is 5.91 Å². The van der Waals surface area contributed by atoms with Gasteiger partial charge in [0.1, 0.15) is 0 Å². The average Bonchev–Trinajstić information content (AvgIpc) is 2.64. The molecule has 8 heteroatoms. The summed E-state index contributed by atoms with van der Waals surface area (Å²) < 4.78 is 53.3. The van der Waals surface area contributed by atoms with Crippen molar-refractivity contribution in [3.05, 3.63) is 64.7 Å². The summed E-state index contributed by atoms with van der Waals surface area (Å²) in [6.45, 7) is 7.46. The maximum atomic E-state index is 13.4. The van der Waals surface area contributed by atoms with Crippen LogP contribution in [-0.2, 0) is 10.0 Å². The van der Waals surface area contributed by atoms with Crippen LogP contribution in [0.25, 0.3) is 0 Å². The largest absolute Gasteiger partial charge is 0.346 e. The lowest BCUT2D eigenvalue weighted by Crippen LogP contribution is -2.31. The Labute approximate surface area is 164 Å². The number of nitrogens with zero attached hydrogens (tertiary/aromatic N) is 1. The zero-order valence-electron chi connectivity index (χ0n) is 16.3. The predicted octanol–water partition coefficient (Wildman–Crippen LogP) is 3.79. The predicted molar refractivity (Wildman–Crippen MR) is 104 cm³/mol. The fourth-order valence-electron chi connectivity index (χ4n) is 2.86. The Morgan fingerprint density at radius 3 is 2.29 bits per heavy atom. The summed E-state index contributed by atoms with van der Waals surface area (Å²) >= 11 is 0. The van der Waals surface area contributed by atoms with E-state index in [1.165, 1.54) is 22.5 Å². The zero-order chi connectivity index (χ0) is 21.1. The molecule has 152 valence electrons. The molecule has 5 nitrogen and oxygen atoms in total.